The lowest BCUT2D eigenvalue weighted by molar-refractivity contribution is 0.0510. The highest BCUT2D eigenvalue weighted by Crippen LogP contribution is 2.35. The predicted molar refractivity (Wildman–Crippen MR) is 68.6 cm³/mol. The minimum Gasteiger partial charge on any atom is -0.444 e. The fourth-order valence-electron chi connectivity index (χ4n) is 1.47. The van der Waals surface area contributed by atoms with E-state index in [0.29, 0.717) is 19.8 Å². The zero-order chi connectivity index (χ0) is 13.8. The molecule has 18 heavy (non-hydrogen) atoms. The third-order valence-electron chi connectivity index (χ3n) is 2.77. The van der Waals surface area contributed by atoms with Gasteiger partial charge < -0.3 is 19.5 Å². The van der Waals surface area contributed by atoms with E-state index in [1.165, 1.54) is 0 Å². The third kappa shape index (κ3) is 5.69. The van der Waals surface area contributed by atoms with Crippen LogP contribution in [0.2, 0.25) is 0 Å². The summed E-state index contributed by atoms with van der Waals surface area (Å²) < 4.78 is 16.0. The predicted octanol–water partition coefficient (Wildman–Crippen LogP) is 2.10. The van der Waals surface area contributed by atoms with Gasteiger partial charge in [-0.2, -0.15) is 0 Å². The molecule has 0 saturated carbocycles. The van der Waals surface area contributed by atoms with Crippen molar-refractivity contribution in [3.8, 4) is 0 Å². The molecule has 1 heterocycles. The zero-order valence-corrected chi connectivity index (χ0v) is 12.0. The second-order valence-corrected chi connectivity index (χ2v) is 5.91. The van der Waals surface area contributed by atoms with E-state index in [1.807, 2.05) is 34.6 Å². The van der Waals surface area contributed by atoms with Gasteiger partial charge in [-0.05, 0) is 41.0 Å². The fourth-order valence-corrected chi connectivity index (χ4v) is 1.47. The minimum absolute atomic E-state index is 0.0986. The van der Waals surface area contributed by atoms with E-state index in [4.69, 9.17) is 14.2 Å². The van der Waals surface area contributed by atoms with Crippen LogP contribution in [0.25, 0.3) is 0 Å². The van der Waals surface area contributed by atoms with Crippen molar-refractivity contribution in [1.29, 1.82) is 0 Å². The lowest BCUT2D eigenvalue weighted by Gasteiger charge is -2.19. The van der Waals surface area contributed by atoms with Gasteiger partial charge in [-0.25, -0.2) is 4.79 Å². The van der Waals surface area contributed by atoms with Crippen LogP contribution in [0.4, 0.5) is 4.79 Å². The van der Waals surface area contributed by atoms with Crippen LogP contribution in [0.5, 0.6) is 0 Å². The van der Waals surface area contributed by atoms with Crippen LogP contribution in [0, 0.1) is 0 Å². The summed E-state index contributed by atoms with van der Waals surface area (Å²) in [5, 5.41) is 2.69. The largest absolute Gasteiger partial charge is 0.444 e. The van der Waals surface area contributed by atoms with E-state index in [2.05, 4.69) is 5.32 Å². The summed E-state index contributed by atoms with van der Waals surface area (Å²) in [6.45, 7) is 11.4. The first-order valence-corrected chi connectivity index (χ1v) is 6.45. The molecule has 0 aromatic carbocycles. The summed E-state index contributed by atoms with van der Waals surface area (Å²) in [5.74, 6) is 0. The maximum absolute atomic E-state index is 11.3. The first kappa shape index (κ1) is 15.2. The Morgan fingerprint density at radius 3 is 2.56 bits per heavy atom. The first-order valence-electron chi connectivity index (χ1n) is 6.45. The Balaban J connectivity index is 1.94. The molecule has 0 radical (unpaired) electrons. The van der Waals surface area contributed by atoms with Crippen LogP contribution in [-0.4, -0.2) is 43.2 Å². The van der Waals surface area contributed by atoms with E-state index in [9.17, 15) is 4.79 Å². The van der Waals surface area contributed by atoms with Gasteiger partial charge in [0.2, 0.25) is 0 Å². The van der Waals surface area contributed by atoms with Crippen LogP contribution in [0.3, 0.4) is 0 Å². The zero-order valence-electron chi connectivity index (χ0n) is 12.0. The molecule has 1 fully saturated rings. The van der Waals surface area contributed by atoms with Crippen molar-refractivity contribution in [3.05, 3.63) is 0 Å². The molecule has 0 aliphatic carbocycles. The number of hydrogen-bond acceptors (Lipinski definition) is 4. The number of carbonyl (C=O) groups excluding carboxylic acids is 1. The Labute approximate surface area is 109 Å². The lowest BCUT2D eigenvalue weighted by atomic mass is 10.1. The quantitative estimate of drug-likeness (QED) is 0.586. The van der Waals surface area contributed by atoms with Crippen molar-refractivity contribution in [2.75, 3.05) is 19.8 Å². The topological polar surface area (TPSA) is 60.1 Å². The smallest absolute Gasteiger partial charge is 0.407 e. The molecule has 0 aromatic rings. The van der Waals surface area contributed by atoms with Gasteiger partial charge in [0, 0.05) is 13.2 Å². The number of hydrogen-bond donors (Lipinski definition) is 1. The van der Waals surface area contributed by atoms with Crippen molar-refractivity contribution in [2.24, 2.45) is 0 Å². The van der Waals surface area contributed by atoms with E-state index in [0.717, 1.165) is 6.42 Å². The maximum Gasteiger partial charge on any atom is 0.407 e. The van der Waals surface area contributed by atoms with Gasteiger partial charge in [-0.3, -0.25) is 0 Å². The van der Waals surface area contributed by atoms with Crippen molar-refractivity contribution in [3.63, 3.8) is 0 Å². The lowest BCUT2D eigenvalue weighted by Crippen LogP contribution is -2.33. The summed E-state index contributed by atoms with van der Waals surface area (Å²) in [4.78, 5) is 11.3. The summed E-state index contributed by atoms with van der Waals surface area (Å²) in [6.07, 6.45) is 0.676. The van der Waals surface area contributed by atoms with Gasteiger partial charge >= 0.3 is 6.09 Å². The molecule has 2 atom stereocenters. The second kappa shape index (κ2) is 5.89. The SMILES string of the molecule is CC1OC1(C)COCCCNC(=O)OC(C)(C)C. The second-order valence-electron chi connectivity index (χ2n) is 5.91. The van der Waals surface area contributed by atoms with Gasteiger partial charge in [0.25, 0.3) is 0 Å². The Kier molecular flexibility index (Phi) is 4.99. The van der Waals surface area contributed by atoms with Gasteiger partial charge in [0.1, 0.15) is 11.2 Å². The van der Waals surface area contributed by atoms with Crippen LogP contribution in [-0.2, 0) is 14.2 Å². The molecule has 2 unspecified atom stereocenters. The molecule has 0 aromatic heterocycles. The Hall–Kier alpha value is -0.810. The standard InChI is InChI=1S/C13H25NO4/c1-10-13(5,17-10)9-16-8-6-7-14-11(15)18-12(2,3)4/h10H,6-9H2,1-5H3,(H,14,15). The Bertz CT molecular complexity index is 287. The van der Waals surface area contributed by atoms with Crippen molar-refractivity contribution >= 4 is 6.09 Å². The summed E-state index contributed by atoms with van der Waals surface area (Å²) in [6, 6.07) is 0. The number of alkyl carbamates (subject to hydrolysis) is 1. The van der Waals surface area contributed by atoms with E-state index in [-0.39, 0.29) is 17.8 Å². The van der Waals surface area contributed by atoms with E-state index >= 15 is 0 Å². The highest BCUT2D eigenvalue weighted by atomic mass is 16.6. The minimum atomic E-state index is -0.450. The molecule has 1 aliphatic rings. The molecule has 5 heteroatoms. The van der Waals surface area contributed by atoms with Crippen molar-refractivity contribution < 1.29 is 19.0 Å². The molecular formula is C13H25NO4. The third-order valence-corrected chi connectivity index (χ3v) is 2.77. The van der Waals surface area contributed by atoms with Gasteiger partial charge in [0.05, 0.1) is 12.7 Å². The number of nitrogens with one attached hydrogen (secondary N) is 1. The van der Waals surface area contributed by atoms with Crippen molar-refractivity contribution in [1.82, 2.24) is 5.32 Å². The van der Waals surface area contributed by atoms with Crippen molar-refractivity contribution in [2.45, 2.75) is 58.3 Å². The summed E-state index contributed by atoms with van der Waals surface area (Å²) in [5.41, 5.74) is -0.548. The molecule has 1 rings (SSSR count). The molecule has 1 amide bonds. The van der Waals surface area contributed by atoms with Crippen LogP contribution < -0.4 is 5.32 Å². The molecule has 1 aliphatic heterocycles. The summed E-state index contributed by atoms with van der Waals surface area (Å²) >= 11 is 0. The highest BCUT2D eigenvalue weighted by Gasteiger charge is 2.48. The van der Waals surface area contributed by atoms with E-state index in [1.54, 1.807) is 0 Å². The molecule has 1 N–H and O–H groups in total. The average Bonchev–Trinajstić information content (AvgIpc) is 2.78. The van der Waals surface area contributed by atoms with Crippen LogP contribution in [0.15, 0.2) is 0 Å². The number of epoxide rings is 1. The molecule has 5 nitrogen and oxygen atoms in total. The number of ether oxygens (including phenoxy) is 3. The number of amides is 1. The Morgan fingerprint density at radius 2 is 2.06 bits per heavy atom. The first-order chi connectivity index (χ1) is 8.23. The van der Waals surface area contributed by atoms with E-state index < -0.39 is 5.60 Å². The van der Waals surface area contributed by atoms with Crippen LogP contribution in [0.1, 0.15) is 41.0 Å². The molecular weight excluding hydrogens is 234 g/mol. The normalized spacial score (nSPS) is 26.8. The monoisotopic (exact) mass is 259 g/mol. The highest BCUT2D eigenvalue weighted by molar-refractivity contribution is 5.67. The Morgan fingerprint density at radius 1 is 1.44 bits per heavy atom. The fraction of sp³-hybridized carbons (Fsp3) is 0.923. The number of rotatable bonds is 6. The molecule has 0 bridgehead atoms. The average molecular weight is 259 g/mol. The van der Waals surface area contributed by atoms with Gasteiger partial charge in [0.15, 0.2) is 0 Å². The number of carbonyl (C=O) groups is 1. The van der Waals surface area contributed by atoms with Gasteiger partial charge in [-0.15, -0.1) is 0 Å². The maximum atomic E-state index is 11.3. The molecule has 1 saturated heterocycles. The molecule has 106 valence electrons. The van der Waals surface area contributed by atoms with Gasteiger partial charge in [-0.1, -0.05) is 0 Å². The summed E-state index contributed by atoms with van der Waals surface area (Å²) in [7, 11) is 0. The molecule has 0 spiro atoms. The van der Waals surface area contributed by atoms with Crippen LogP contribution >= 0.6 is 0 Å².